The van der Waals surface area contributed by atoms with E-state index >= 15 is 0 Å². The van der Waals surface area contributed by atoms with Gasteiger partial charge < -0.3 is 4.74 Å². The SMILES string of the molecule is CCC(C)C1(c2ccc(Cl)cc2Cl)CO1. The van der Waals surface area contributed by atoms with Gasteiger partial charge in [0.2, 0.25) is 0 Å². The van der Waals surface area contributed by atoms with Crippen LogP contribution in [0.2, 0.25) is 10.0 Å². The molecule has 0 spiro atoms. The highest BCUT2D eigenvalue weighted by Crippen LogP contribution is 2.49. The van der Waals surface area contributed by atoms with Crippen LogP contribution in [0, 0.1) is 5.92 Å². The van der Waals surface area contributed by atoms with Crippen molar-refractivity contribution < 1.29 is 4.74 Å². The van der Waals surface area contributed by atoms with Gasteiger partial charge in [0.15, 0.2) is 0 Å². The summed E-state index contributed by atoms with van der Waals surface area (Å²) in [6.45, 7) is 5.12. The van der Waals surface area contributed by atoms with Gasteiger partial charge in [-0.2, -0.15) is 0 Å². The second-order valence-corrected chi connectivity index (χ2v) is 4.96. The Bertz CT molecular complexity index is 372. The average molecular weight is 245 g/mol. The molecule has 0 radical (unpaired) electrons. The summed E-state index contributed by atoms with van der Waals surface area (Å²) in [6.07, 6.45) is 1.08. The van der Waals surface area contributed by atoms with Gasteiger partial charge in [0.25, 0.3) is 0 Å². The molecule has 1 saturated heterocycles. The van der Waals surface area contributed by atoms with Gasteiger partial charge in [0.05, 0.1) is 6.61 Å². The molecule has 2 atom stereocenters. The Labute approximate surface area is 100 Å². The second-order valence-electron chi connectivity index (χ2n) is 4.11. The molecule has 0 aliphatic carbocycles. The molecular formula is C12H14Cl2O. The number of rotatable bonds is 3. The lowest BCUT2D eigenvalue weighted by molar-refractivity contribution is 0.225. The van der Waals surface area contributed by atoms with Crippen molar-refractivity contribution in [2.24, 2.45) is 5.92 Å². The fourth-order valence-electron chi connectivity index (χ4n) is 1.95. The molecule has 1 aromatic carbocycles. The van der Waals surface area contributed by atoms with Crippen LogP contribution in [0.25, 0.3) is 0 Å². The standard InChI is InChI=1S/C12H14Cl2O/c1-3-8(2)12(7-15-12)10-5-4-9(13)6-11(10)14/h4-6,8H,3,7H2,1-2H3. The van der Waals surface area contributed by atoms with Gasteiger partial charge >= 0.3 is 0 Å². The zero-order valence-electron chi connectivity index (χ0n) is 8.89. The van der Waals surface area contributed by atoms with E-state index in [1.165, 1.54) is 0 Å². The zero-order chi connectivity index (χ0) is 11.1. The number of benzene rings is 1. The Morgan fingerprint density at radius 1 is 1.47 bits per heavy atom. The van der Waals surface area contributed by atoms with Crippen LogP contribution in [0.15, 0.2) is 18.2 Å². The van der Waals surface area contributed by atoms with Gasteiger partial charge in [0, 0.05) is 15.6 Å². The summed E-state index contributed by atoms with van der Waals surface area (Å²) in [4.78, 5) is 0. The molecule has 3 heteroatoms. The quantitative estimate of drug-likeness (QED) is 0.724. The molecule has 2 rings (SSSR count). The van der Waals surface area contributed by atoms with E-state index in [-0.39, 0.29) is 5.60 Å². The van der Waals surface area contributed by atoms with Crippen LogP contribution in [0.1, 0.15) is 25.8 Å². The summed E-state index contributed by atoms with van der Waals surface area (Å²) >= 11 is 12.1. The maximum absolute atomic E-state index is 6.19. The molecule has 1 aliphatic rings. The number of epoxide rings is 1. The van der Waals surface area contributed by atoms with Crippen molar-refractivity contribution in [3.8, 4) is 0 Å². The lowest BCUT2D eigenvalue weighted by Gasteiger charge is -2.20. The Morgan fingerprint density at radius 2 is 2.13 bits per heavy atom. The van der Waals surface area contributed by atoms with Gasteiger partial charge in [0.1, 0.15) is 5.60 Å². The molecule has 2 unspecified atom stereocenters. The third-order valence-corrected chi connectivity index (χ3v) is 3.80. The molecule has 0 saturated carbocycles. The van der Waals surface area contributed by atoms with E-state index < -0.39 is 0 Å². The first-order valence-corrected chi connectivity index (χ1v) is 5.95. The van der Waals surface area contributed by atoms with E-state index in [1.54, 1.807) is 6.07 Å². The predicted molar refractivity (Wildman–Crippen MR) is 63.5 cm³/mol. The molecule has 0 amide bonds. The van der Waals surface area contributed by atoms with Crippen LogP contribution < -0.4 is 0 Å². The smallest absolute Gasteiger partial charge is 0.120 e. The van der Waals surface area contributed by atoms with Crippen molar-refractivity contribution >= 4 is 23.2 Å². The van der Waals surface area contributed by atoms with Gasteiger partial charge in [-0.15, -0.1) is 0 Å². The minimum absolute atomic E-state index is 0.156. The van der Waals surface area contributed by atoms with Crippen LogP contribution in [-0.4, -0.2) is 6.61 Å². The first-order valence-electron chi connectivity index (χ1n) is 5.19. The summed E-state index contributed by atoms with van der Waals surface area (Å²) in [5, 5.41) is 1.38. The molecule has 1 aromatic rings. The third-order valence-electron chi connectivity index (χ3n) is 3.25. The highest BCUT2D eigenvalue weighted by molar-refractivity contribution is 6.35. The molecule has 15 heavy (non-hydrogen) atoms. The fraction of sp³-hybridized carbons (Fsp3) is 0.500. The van der Waals surface area contributed by atoms with E-state index in [1.807, 2.05) is 12.1 Å². The van der Waals surface area contributed by atoms with E-state index in [0.29, 0.717) is 16.0 Å². The summed E-state index contributed by atoms with van der Waals surface area (Å²) < 4.78 is 5.63. The summed E-state index contributed by atoms with van der Waals surface area (Å²) in [6, 6.07) is 5.63. The topological polar surface area (TPSA) is 12.5 Å². The Hall–Kier alpha value is -0.240. The lowest BCUT2D eigenvalue weighted by atomic mass is 9.86. The second kappa shape index (κ2) is 3.97. The maximum Gasteiger partial charge on any atom is 0.120 e. The normalized spacial score (nSPS) is 26.4. The van der Waals surface area contributed by atoms with Crippen LogP contribution in [0.5, 0.6) is 0 Å². The zero-order valence-corrected chi connectivity index (χ0v) is 10.4. The molecule has 1 heterocycles. The molecule has 1 aliphatic heterocycles. The highest BCUT2D eigenvalue weighted by atomic mass is 35.5. The minimum atomic E-state index is -0.156. The van der Waals surface area contributed by atoms with Crippen molar-refractivity contribution in [2.45, 2.75) is 25.9 Å². The molecule has 1 nitrogen and oxygen atoms in total. The molecule has 82 valence electrons. The number of hydrogen-bond donors (Lipinski definition) is 0. The number of ether oxygens (including phenoxy) is 1. The highest BCUT2D eigenvalue weighted by Gasteiger charge is 2.51. The van der Waals surface area contributed by atoms with Crippen molar-refractivity contribution in [1.82, 2.24) is 0 Å². The van der Waals surface area contributed by atoms with Crippen molar-refractivity contribution in [2.75, 3.05) is 6.61 Å². The van der Waals surface area contributed by atoms with Gasteiger partial charge in [-0.1, -0.05) is 49.5 Å². The molecule has 0 N–H and O–H groups in total. The van der Waals surface area contributed by atoms with Crippen LogP contribution in [-0.2, 0) is 10.3 Å². The van der Waals surface area contributed by atoms with Crippen molar-refractivity contribution in [3.05, 3.63) is 33.8 Å². The number of halogens is 2. The number of hydrogen-bond acceptors (Lipinski definition) is 1. The predicted octanol–water partition coefficient (Wildman–Crippen LogP) is 4.27. The van der Waals surface area contributed by atoms with E-state index in [4.69, 9.17) is 27.9 Å². The molecule has 0 bridgehead atoms. The Morgan fingerprint density at radius 3 is 2.60 bits per heavy atom. The summed E-state index contributed by atoms with van der Waals surface area (Å²) in [7, 11) is 0. The first-order chi connectivity index (χ1) is 7.10. The molecular weight excluding hydrogens is 231 g/mol. The largest absolute Gasteiger partial charge is 0.364 e. The van der Waals surface area contributed by atoms with Crippen molar-refractivity contribution in [1.29, 1.82) is 0 Å². The average Bonchev–Trinajstić information content (AvgIpc) is 2.97. The van der Waals surface area contributed by atoms with E-state index in [9.17, 15) is 0 Å². The Kier molecular flexibility index (Phi) is 2.98. The van der Waals surface area contributed by atoms with Gasteiger partial charge in [-0.25, -0.2) is 0 Å². The monoisotopic (exact) mass is 244 g/mol. The van der Waals surface area contributed by atoms with Crippen molar-refractivity contribution in [3.63, 3.8) is 0 Å². The molecule has 0 aromatic heterocycles. The van der Waals surface area contributed by atoms with Crippen LogP contribution in [0.3, 0.4) is 0 Å². The Balaban J connectivity index is 2.37. The lowest BCUT2D eigenvalue weighted by Crippen LogP contribution is -2.19. The van der Waals surface area contributed by atoms with Gasteiger partial charge in [-0.05, 0) is 18.1 Å². The first kappa shape index (κ1) is 11.3. The van der Waals surface area contributed by atoms with E-state index in [0.717, 1.165) is 18.6 Å². The third kappa shape index (κ3) is 1.89. The van der Waals surface area contributed by atoms with Gasteiger partial charge in [-0.3, -0.25) is 0 Å². The minimum Gasteiger partial charge on any atom is -0.364 e. The fourth-order valence-corrected chi connectivity index (χ4v) is 2.51. The molecule has 1 fully saturated rings. The van der Waals surface area contributed by atoms with Crippen LogP contribution >= 0.6 is 23.2 Å². The van der Waals surface area contributed by atoms with E-state index in [2.05, 4.69) is 13.8 Å². The summed E-state index contributed by atoms with van der Waals surface area (Å²) in [5.74, 6) is 0.483. The maximum atomic E-state index is 6.19. The summed E-state index contributed by atoms with van der Waals surface area (Å²) in [5.41, 5.74) is 0.916. The van der Waals surface area contributed by atoms with Crippen LogP contribution in [0.4, 0.5) is 0 Å².